The molecule has 0 saturated heterocycles. The van der Waals surface area contributed by atoms with Gasteiger partial charge >= 0.3 is 0 Å². The number of hydrogen-bond acceptors (Lipinski definition) is 0. The smallest absolute Gasteiger partial charge is 0.00501 e. The second-order valence-corrected chi connectivity index (χ2v) is 7.82. The normalized spacial score (nSPS) is 39.7. The first kappa shape index (κ1) is 11.1. The molecule has 6 rings (SSSR count). The van der Waals surface area contributed by atoms with Crippen LogP contribution in [0.3, 0.4) is 0 Å². The molecule has 0 N–H and O–H groups in total. The summed E-state index contributed by atoms with van der Waals surface area (Å²) in [5, 5.41) is 0. The van der Waals surface area contributed by atoms with Crippen molar-refractivity contribution in [2.24, 2.45) is 11.8 Å². The van der Waals surface area contributed by atoms with Crippen LogP contribution in [0.1, 0.15) is 63.5 Å². The molecule has 6 unspecified atom stereocenters. The quantitative estimate of drug-likeness (QED) is 0.591. The van der Waals surface area contributed by atoms with Crippen molar-refractivity contribution in [3.8, 4) is 0 Å². The highest BCUT2D eigenvalue weighted by atomic mass is 14.7. The van der Waals surface area contributed by atoms with Gasteiger partial charge in [0, 0.05) is 0 Å². The molecule has 6 atom stereocenters. The molecule has 0 nitrogen and oxygen atoms in total. The number of aryl methyl sites for hydroxylation is 2. The van der Waals surface area contributed by atoms with Gasteiger partial charge in [-0.1, -0.05) is 36.4 Å². The third-order valence-electron chi connectivity index (χ3n) is 7.26. The van der Waals surface area contributed by atoms with Crippen molar-refractivity contribution in [2.45, 2.75) is 43.9 Å². The van der Waals surface area contributed by atoms with Crippen LogP contribution in [0.15, 0.2) is 36.4 Å². The molecule has 2 fully saturated rings. The lowest BCUT2D eigenvalue weighted by Gasteiger charge is -2.55. The van der Waals surface area contributed by atoms with Crippen LogP contribution in [-0.2, 0) is 0 Å². The van der Waals surface area contributed by atoms with E-state index in [-0.39, 0.29) is 0 Å². The van der Waals surface area contributed by atoms with Crippen LogP contribution in [0, 0.1) is 25.7 Å². The van der Waals surface area contributed by atoms with E-state index < -0.39 is 0 Å². The highest BCUT2D eigenvalue weighted by Gasteiger charge is 2.67. The van der Waals surface area contributed by atoms with Crippen molar-refractivity contribution >= 4 is 0 Å². The molecule has 0 heteroatoms. The Kier molecular flexibility index (Phi) is 1.72. The van der Waals surface area contributed by atoms with Gasteiger partial charge in [0.1, 0.15) is 0 Å². The number of rotatable bonds is 0. The second-order valence-electron chi connectivity index (χ2n) is 7.82. The zero-order valence-corrected chi connectivity index (χ0v) is 12.6. The molecule has 0 spiro atoms. The monoisotopic (exact) mass is 272 g/mol. The molecule has 0 aliphatic heterocycles. The molecule has 104 valence electrons. The van der Waals surface area contributed by atoms with Crippen LogP contribution < -0.4 is 0 Å². The van der Waals surface area contributed by atoms with Gasteiger partial charge in [-0.2, -0.15) is 0 Å². The highest BCUT2D eigenvalue weighted by molar-refractivity contribution is 5.61. The summed E-state index contributed by atoms with van der Waals surface area (Å²) in [6.45, 7) is 4.63. The van der Waals surface area contributed by atoms with E-state index in [1.54, 1.807) is 33.4 Å². The fourth-order valence-electron chi connectivity index (χ4n) is 6.75. The first-order chi connectivity index (χ1) is 10.3. The summed E-state index contributed by atoms with van der Waals surface area (Å²) in [5.41, 5.74) is 9.95. The maximum atomic E-state index is 2.41. The van der Waals surface area contributed by atoms with Crippen molar-refractivity contribution in [1.82, 2.24) is 0 Å². The minimum atomic E-state index is 0.888. The average Bonchev–Trinajstić information content (AvgIpc) is 2.87. The van der Waals surface area contributed by atoms with E-state index in [1.807, 2.05) is 0 Å². The van der Waals surface area contributed by atoms with E-state index >= 15 is 0 Å². The third kappa shape index (κ3) is 1.00. The molecule has 0 aromatic heterocycles. The summed E-state index contributed by atoms with van der Waals surface area (Å²) in [6, 6.07) is 14.0. The van der Waals surface area contributed by atoms with Crippen LogP contribution in [0.5, 0.6) is 0 Å². The summed E-state index contributed by atoms with van der Waals surface area (Å²) in [5.74, 6) is 5.43. The Morgan fingerprint density at radius 1 is 0.667 bits per heavy atom. The maximum absolute atomic E-state index is 2.41. The van der Waals surface area contributed by atoms with Crippen molar-refractivity contribution in [2.75, 3.05) is 0 Å². The molecule has 0 radical (unpaired) electrons. The lowest BCUT2D eigenvalue weighted by molar-refractivity contribution is 0.227. The number of benzene rings is 2. The van der Waals surface area contributed by atoms with Gasteiger partial charge < -0.3 is 0 Å². The summed E-state index contributed by atoms with van der Waals surface area (Å²) in [6.07, 6.45) is 1.48. The largest absolute Gasteiger partial charge is 0.0617 e. The molecular weight excluding hydrogens is 252 g/mol. The summed E-state index contributed by atoms with van der Waals surface area (Å²) < 4.78 is 0. The molecule has 0 amide bonds. The standard InChI is InChI=1S/C21H20/c1-10-5-3-7-12-16(10)20-14-9-15(18(12)20)21-17-11(2)6-4-8-13(17)19(14)21/h3-8,14-15,18-21H,9H2,1-2H3. The summed E-state index contributed by atoms with van der Waals surface area (Å²) in [7, 11) is 0. The zero-order valence-electron chi connectivity index (χ0n) is 12.6. The van der Waals surface area contributed by atoms with Gasteiger partial charge in [-0.05, 0) is 89.2 Å². The Morgan fingerprint density at radius 3 is 1.62 bits per heavy atom. The predicted octanol–water partition coefficient (Wildman–Crippen LogP) is 5.01. The van der Waals surface area contributed by atoms with Gasteiger partial charge in [0.2, 0.25) is 0 Å². The van der Waals surface area contributed by atoms with Gasteiger partial charge in [-0.15, -0.1) is 0 Å². The lowest BCUT2D eigenvalue weighted by atomic mass is 9.49. The van der Waals surface area contributed by atoms with E-state index in [0.717, 1.165) is 35.5 Å². The topological polar surface area (TPSA) is 0 Å². The number of hydrogen-bond donors (Lipinski definition) is 0. The molecule has 4 aliphatic carbocycles. The molecule has 0 heterocycles. The SMILES string of the molecule is Cc1cccc2c1C1C3CC(C21)C1c2c(C)cccc2C31. The lowest BCUT2D eigenvalue weighted by Crippen LogP contribution is -2.42. The van der Waals surface area contributed by atoms with Crippen molar-refractivity contribution in [3.05, 3.63) is 69.8 Å². The molecule has 21 heavy (non-hydrogen) atoms. The van der Waals surface area contributed by atoms with E-state index in [2.05, 4.69) is 50.2 Å². The van der Waals surface area contributed by atoms with Gasteiger partial charge in [-0.25, -0.2) is 0 Å². The molecule has 2 saturated carbocycles. The maximum Gasteiger partial charge on any atom is -0.00501 e. The van der Waals surface area contributed by atoms with Crippen molar-refractivity contribution < 1.29 is 0 Å². The Bertz CT molecular complexity index is 732. The van der Waals surface area contributed by atoms with Crippen LogP contribution in [0.25, 0.3) is 0 Å². The van der Waals surface area contributed by atoms with Gasteiger partial charge in [0.25, 0.3) is 0 Å². The highest BCUT2D eigenvalue weighted by Crippen LogP contribution is 2.79. The van der Waals surface area contributed by atoms with Crippen molar-refractivity contribution in [1.29, 1.82) is 0 Å². The van der Waals surface area contributed by atoms with Gasteiger partial charge in [0.15, 0.2) is 0 Å². The molecular formula is C21H20. The minimum Gasteiger partial charge on any atom is -0.0617 e. The van der Waals surface area contributed by atoms with E-state index in [1.165, 1.54) is 6.42 Å². The Balaban J connectivity index is 1.53. The molecule has 2 bridgehead atoms. The number of fused-ring (bicyclic) bond motifs is 14. The second kappa shape index (κ2) is 3.27. The fraction of sp³-hybridized carbons (Fsp3) is 0.429. The third-order valence-corrected chi connectivity index (χ3v) is 7.26. The average molecular weight is 272 g/mol. The fourth-order valence-corrected chi connectivity index (χ4v) is 6.75. The summed E-state index contributed by atoms with van der Waals surface area (Å²) >= 11 is 0. The molecule has 2 aromatic rings. The van der Waals surface area contributed by atoms with Crippen LogP contribution in [0.2, 0.25) is 0 Å². The van der Waals surface area contributed by atoms with Gasteiger partial charge in [0.05, 0.1) is 0 Å². The van der Waals surface area contributed by atoms with E-state index in [4.69, 9.17) is 0 Å². The van der Waals surface area contributed by atoms with Crippen LogP contribution >= 0.6 is 0 Å². The van der Waals surface area contributed by atoms with Crippen molar-refractivity contribution in [3.63, 3.8) is 0 Å². The molecule has 4 aliphatic rings. The first-order valence-electron chi connectivity index (χ1n) is 8.46. The Morgan fingerprint density at radius 2 is 1.14 bits per heavy atom. The van der Waals surface area contributed by atoms with E-state index in [9.17, 15) is 0 Å². The van der Waals surface area contributed by atoms with Crippen LogP contribution in [-0.4, -0.2) is 0 Å². The minimum absolute atomic E-state index is 0.888. The van der Waals surface area contributed by atoms with Gasteiger partial charge in [-0.3, -0.25) is 0 Å². The Labute approximate surface area is 126 Å². The van der Waals surface area contributed by atoms with E-state index in [0.29, 0.717) is 0 Å². The first-order valence-corrected chi connectivity index (χ1v) is 8.46. The Hall–Kier alpha value is -1.56. The zero-order chi connectivity index (χ0) is 13.9. The molecule has 2 aromatic carbocycles. The van der Waals surface area contributed by atoms with Crippen LogP contribution in [0.4, 0.5) is 0 Å². The predicted molar refractivity (Wildman–Crippen MR) is 84.9 cm³/mol. The summed E-state index contributed by atoms with van der Waals surface area (Å²) in [4.78, 5) is 0.